The van der Waals surface area contributed by atoms with Crippen LogP contribution in [-0.4, -0.2) is 27.1 Å². The number of non-ortho nitro benzene ring substituents is 1. The van der Waals surface area contributed by atoms with E-state index in [0.29, 0.717) is 5.56 Å². The number of allylic oxidation sites excluding steroid dienone is 1. The van der Waals surface area contributed by atoms with Gasteiger partial charge in [-0.3, -0.25) is 19.7 Å². The average molecular weight is 293 g/mol. The number of nitrogens with zero attached hydrogens (tertiary/aromatic N) is 1. The minimum absolute atomic E-state index is 0.0394. The minimum Gasteiger partial charge on any atom is -0.480 e. The summed E-state index contributed by atoms with van der Waals surface area (Å²) in [5, 5.41) is 28.7. The molecule has 0 radical (unpaired) electrons. The van der Waals surface area contributed by atoms with Gasteiger partial charge >= 0.3 is 11.9 Å². The van der Waals surface area contributed by atoms with Crippen LogP contribution >= 0.6 is 0 Å². The first-order chi connectivity index (χ1) is 9.83. The molecule has 0 aliphatic carbocycles. The number of hydrogen-bond acceptors (Lipinski definition) is 4. The second kappa shape index (κ2) is 6.65. The summed E-state index contributed by atoms with van der Waals surface area (Å²) in [6.07, 6.45) is 2.79. The van der Waals surface area contributed by atoms with Crippen molar-refractivity contribution in [3.05, 3.63) is 46.0 Å². The highest BCUT2D eigenvalue weighted by Crippen LogP contribution is 2.28. The Morgan fingerprint density at radius 2 is 1.76 bits per heavy atom. The van der Waals surface area contributed by atoms with E-state index < -0.39 is 22.3 Å². The SMILES string of the molecule is CCC(CC=Cc1ccc([N+](=O)[O-])cc1)(C(=O)O)C(=O)O. The lowest BCUT2D eigenvalue weighted by atomic mass is 9.81. The molecule has 0 saturated heterocycles. The average Bonchev–Trinajstić information content (AvgIpc) is 2.43. The third-order valence-electron chi connectivity index (χ3n) is 3.30. The van der Waals surface area contributed by atoms with Crippen LogP contribution in [0, 0.1) is 15.5 Å². The Balaban J connectivity index is 2.87. The lowest BCUT2D eigenvalue weighted by Crippen LogP contribution is -2.38. The zero-order valence-electron chi connectivity index (χ0n) is 11.4. The Morgan fingerprint density at radius 1 is 1.24 bits per heavy atom. The van der Waals surface area contributed by atoms with Crippen molar-refractivity contribution in [2.24, 2.45) is 5.41 Å². The Hall–Kier alpha value is -2.70. The van der Waals surface area contributed by atoms with Gasteiger partial charge in [-0.2, -0.15) is 0 Å². The first-order valence-electron chi connectivity index (χ1n) is 6.21. The highest BCUT2D eigenvalue weighted by atomic mass is 16.6. The number of carbonyl (C=O) groups is 2. The second-order valence-corrected chi connectivity index (χ2v) is 4.50. The number of rotatable bonds is 7. The summed E-state index contributed by atoms with van der Waals surface area (Å²) in [4.78, 5) is 32.3. The van der Waals surface area contributed by atoms with Crippen molar-refractivity contribution in [3.63, 3.8) is 0 Å². The molecule has 0 aromatic heterocycles. The minimum atomic E-state index is -1.85. The van der Waals surface area contributed by atoms with Crippen LogP contribution < -0.4 is 0 Å². The molecule has 0 aliphatic heterocycles. The highest BCUT2D eigenvalue weighted by molar-refractivity contribution is 5.98. The van der Waals surface area contributed by atoms with E-state index in [9.17, 15) is 19.7 Å². The van der Waals surface area contributed by atoms with Gasteiger partial charge in [-0.15, -0.1) is 0 Å². The zero-order valence-corrected chi connectivity index (χ0v) is 11.4. The van der Waals surface area contributed by atoms with E-state index in [4.69, 9.17) is 10.2 Å². The van der Waals surface area contributed by atoms with Crippen molar-refractivity contribution in [3.8, 4) is 0 Å². The standard InChI is InChI=1S/C14H15NO6/c1-2-14(12(16)17,13(18)19)9-3-4-10-5-7-11(8-6-10)15(20)21/h3-8H,2,9H2,1H3,(H,16,17)(H,18,19). The summed E-state index contributed by atoms with van der Waals surface area (Å²) in [6, 6.07) is 5.65. The van der Waals surface area contributed by atoms with Gasteiger partial charge in [0.1, 0.15) is 0 Å². The largest absolute Gasteiger partial charge is 0.480 e. The molecule has 1 aromatic rings. The summed E-state index contributed by atoms with van der Waals surface area (Å²) < 4.78 is 0. The van der Waals surface area contributed by atoms with Crippen LogP contribution in [0.2, 0.25) is 0 Å². The third-order valence-corrected chi connectivity index (χ3v) is 3.30. The normalized spacial score (nSPS) is 11.5. The Labute approximate surface area is 120 Å². The summed E-state index contributed by atoms with van der Waals surface area (Å²) in [5.41, 5.74) is -1.27. The number of hydrogen-bond donors (Lipinski definition) is 2. The third kappa shape index (κ3) is 3.65. The van der Waals surface area contributed by atoms with Crippen molar-refractivity contribution in [2.45, 2.75) is 19.8 Å². The molecular weight excluding hydrogens is 278 g/mol. The van der Waals surface area contributed by atoms with Crippen LogP contribution in [0.4, 0.5) is 5.69 Å². The Kier molecular flexibility index (Phi) is 5.18. The summed E-state index contributed by atoms with van der Waals surface area (Å²) in [6.45, 7) is 1.50. The van der Waals surface area contributed by atoms with Crippen molar-refractivity contribution >= 4 is 23.7 Å². The van der Waals surface area contributed by atoms with Crippen molar-refractivity contribution in [2.75, 3.05) is 0 Å². The summed E-state index contributed by atoms with van der Waals surface area (Å²) in [5.74, 6) is -2.77. The molecule has 7 heteroatoms. The smallest absolute Gasteiger partial charge is 0.321 e. The molecule has 0 unspecified atom stereocenters. The van der Waals surface area contributed by atoms with E-state index in [1.165, 1.54) is 37.3 Å². The first kappa shape index (κ1) is 16.4. The maximum atomic E-state index is 11.2. The van der Waals surface area contributed by atoms with E-state index >= 15 is 0 Å². The van der Waals surface area contributed by atoms with Crippen molar-refractivity contribution in [1.82, 2.24) is 0 Å². The Morgan fingerprint density at radius 3 is 2.14 bits per heavy atom. The number of nitro benzene ring substituents is 1. The second-order valence-electron chi connectivity index (χ2n) is 4.50. The number of nitro groups is 1. The van der Waals surface area contributed by atoms with E-state index in [1.54, 1.807) is 6.08 Å². The molecule has 0 heterocycles. The van der Waals surface area contributed by atoms with Gasteiger partial charge < -0.3 is 10.2 Å². The van der Waals surface area contributed by atoms with Crippen LogP contribution in [0.1, 0.15) is 25.3 Å². The molecule has 0 bridgehead atoms. The van der Waals surface area contributed by atoms with E-state index in [-0.39, 0.29) is 18.5 Å². The van der Waals surface area contributed by atoms with Gasteiger partial charge in [0.2, 0.25) is 0 Å². The lowest BCUT2D eigenvalue weighted by molar-refractivity contribution is -0.384. The molecule has 0 saturated carbocycles. The first-order valence-corrected chi connectivity index (χ1v) is 6.21. The lowest BCUT2D eigenvalue weighted by Gasteiger charge is -2.21. The molecule has 112 valence electrons. The number of benzene rings is 1. The Bertz CT molecular complexity index is 562. The van der Waals surface area contributed by atoms with Crippen LogP contribution in [0.5, 0.6) is 0 Å². The molecule has 2 N–H and O–H groups in total. The number of aliphatic carboxylic acids is 2. The topological polar surface area (TPSA) is 118 Å². The van der Waals surface area contributed by atoms with E-state index in [2.05, 4.69) is 0 Å². The molecule has 1 rings (SSSR count). The monoisotopic (exact) mass is 293 g/mol. The maximum Gasteiger partial charge on any atom is 0.321 e. The fourth-order valence-corrected chi connectivity index (χ4v) is 1.82. The molecule has 0 atom stereocenters. The molecule has 1 aromatic carbocycles. The molecule has 0 amide bonds. The molecular formula is C14H15NO6. The molecule has 0 fully saturated rings. The van der Waals surface area contributed by atoms with Gasteiger partial charge in [-0.05, 0) is 30.5 Å². The maximum absolute atomic E-state index is 11.2. The van der Waals surface area contributed by atoms with Crippen molar-refractivity contribution < 1.29 is 24.7 Å². The highest BCUT2D eigenvalue weighted by Gasteiger charge is 2.43. The van der Waals surface area contributed by atoms with Crippen molar-refractivity contribution in [1.29, 1.82) is 0 Å². The van der Waals surface area contributed by atoms with E-state index in [0.717, 1.165) is 0 Å². The van der Waals surface area contributed by atoms with Crippen LogP contribution in [-0.2, 0) is 9.59 Å². The summed E-state index contributed by atoms with van der Waals surface area (Å²) >= 11 is 0. The van der Waals surface area contributed by atoms with Gasteiger partial charge in [0.15, 0.2) is 5.41 Å². The van der Waals surface area contributed by atoms with Gasteiger partial charge in [0, 0.05) is 12.1 Å². The molecule has 21 heavy (non-hydrogen) atoms. The van der Waals surface area contributed by atoms with Gasteiger partial charge in [-0.25, -0.2) is 0 Å². The fraction of sp³-hybridized carbons (Fsp3) is 0.286. The van der Waals surface area contributed by atoms with E-state index in [1.807, 2.05) is 0 Å². The molecule has 7 nitrogen and oxygen atoms in total. The molecule has 0 aliphatic rings. The predicted octanol–water partition coefficient (Wildman–Crippen LogP) is 2.56. The van der Waals surface area contributed by atoms with Gasteiger partial charge in [0.25, 0.3) is 5.69 Å². The van der Waals surface area contributed by atoms with Crippen LogP contribution in [0.25, 0.3) is 6.08 Å². The zero-order chi connectivity index (χ0) is 16.0. The predicted molar refractivity (Wildman–Crippen MR) is 74.7 cm³/mol. The fourth-order valence-electron chi connectivity index (χ4n) is 1.82. The van der Waals surface area contributed by atoms with Gasteiger partial charge in [0.05, 0.1) is 4.92 Å². The number of carboxylic acid groups (broad SMARTS) is 2. The van der Waals surface area contributed by atoms with Crippen LogP contribution in [0.15, 0.2) is 30.3 Å². The van der Waals surface area contributed by atoms with Crippen LogP contribution in [0.3, 0.4) is 0 Å². The number of carboxylic acids is 2. The summed E-state index contributed by atoms with van der Waals surface area (Å²) in [7, 11) is 0. The van der Waals surface area contributed by atoms with Gasteiger partial charge in [-0.1, -0.05) is 19.1 Å². The molecule has 0 spiro atoms. The quantitative estimate of drug-likeness (QED) is 0.453.